The number of hydrogen-bond acceptors (Lipinski definition) is 6. The van der Waals surface area contributed by atoms with E-state index in [0.717, 1.165) is 75.7 Å². The lowest BCUT2D eigenvalue weighted by molar-refractivity contribution is -0.0520. The molecular weight excluding hydrogens is 400 g/mol. The van der Waals surface area contributed by atoms with E-state index in [4.69, 9.17) is 16.3 Å². The average Bonchev–Trinajstić information content (AvgIpc) is 3.16. The molecule has 0 unspecified atom stereocenters. The molecule has 30 heavy (non-hydrogen) atoms. The number of nitrogens with zero attached hydrogens (tertiary/aromatic N) is 4. The summed E-state index contributed by atoms with van der Waals surface area (Å²) in [6.45, 7) is 6.48. The van der Waals surface area contributed by atoms with E-state index in [1.807, 2.05) is 36.7 Å². The van der Waals surface area contributed by atoms with Crippen LogP contribution in [-0.2, 0) is 11.3 Å². The number of morpholine rings is 1. The molecule has 3 heterocycles. The molecule has 1 N–H and O–H groups in total. The first-order chi connectivity index (χ1) is 14.7. The van der Waals surface area contributed by atoms with E-state index < -0.39 is 0 Å². The highest BCUT2D eigenvalue weighted by Gasteiger charge is 2.43. The molecular formula is C23H29ClN4O2. The minimum atomic E-state index is -0.216. The second-order valence-corrected chi connectivity index (χ2v) is 9.33. The molecule has 0 bridgehead atoms. The first-order valence-electron chi connectivity index (χ1n) is 10.9. The summed E-state index contributed by atoms with van der Waals surface area (Å²) in [5, 5.41) is 11.5. The van der Waals surface area contributed by atoms with E-state index in [1.54, 1.807) is 0 Å². The van der Waals surface area contributed by atoms with Gasteiger partial charge in [0.2, 0.25) is 0 Å². The van der Waals surface area contributed by atoms with Crippen LogP contribution in [0, 0.1) is 11.8 Å². The van der Waals surface area contributed by atoms with Gasteiger partial charge in [-0.15, -0.1) is 0 Å². The Bertz CT molecular complexity index is 841. The van der Waals surface area contributed by atoms with Crippen LogP contribution >= 0.6 is 11.6 Å². The molecule has 1 aromatic heterocycles. The van der Waals surface area contributed by atoms with Crippen molar-refractivity contribution in [2.75, 3.05) is 39.4 Å². The molecule has 2 aromatic rings. The van der Waals surface area contributed by atoms with E-state index in [1.165, 1.54) is 0 Å². The van der Waals surface area contributed by atoms with Gasteiger partial charge >= 0.3 is 0 Å². The maximum Gasteiger partial charge on any atom is 0.159 e. The van der Waals surface area contributed by atoms with Gasteiger partial charge in [-0.25, -0.2) is 9.97 Å². The van der Waals surface area contributed by atoms with Crippen molar-refractivity contribution >= 4 is 11.6 Å². The zero-order valence-corrected chi connectivity index (χ0v) is 17.9. The molecule has 160 valence electrons. The molecule has 6 nitrogen and oxygen atoms in total. The molecule has 4 atom stereocenters. The Morgan fingerprint density at radius 3 is 2.37 bits per heavy atom. The maximum absolute atomic E-state index is 10.8. The topological polar surface area (TPSA) is 61.7 Å². The van der Waals surface area contributed by atoms with Crippen molar-refractivity contribution in [3.8, 4) is 11.4 Å². The highest BCUT2D eigenvalue weighted by Crippen LogP contribution is 2.39. The maximum atomic E-state index is 10.8. The van der Waals surface area contributed by atoms with Crippen molar-refractivity contribution in [3.05, 3.63) is 47.2 Å². The van der Waals surface area contributed by atoms with Crippen LogP contribution in [0.15, 0.2) is 36.7 Å². The summed E-state index contributed by atoms with van der Waals surface area (Å²) in [7, 11) is 0. The first kappa shape index (κ1) is 20.3. The van der Waals surface area contributed by atoms with Gasteiger partial charge in [-0.2, -0.15) is 0 Å². The van der Waals surface area contributed by atoms with E-state index in [-0.39, 0.29) is 12.1 Å². The van der Waals surface area contributed by atoms with Crippen molar-refractivity contribution < 1.29 is 9.84 Å². The van der Waals surface area contributed by atoms with Crippen LogP contribution in [0.4, 0.5) is 0 Å². The lowest BCUT2D eigenvalue weighted by Crippen LogP contribution is -2.53. The normalized spacial score (nSPS) is 30.3. The predicted molar refractivity (Wildman–Crippen MR) is 116 cm³/mol. The van der Waals surface area contributed by atoms with Gasteiger partial charge in [0, 0.05) is 67.3 Å². The summed E-state index contributed by atoms with van der Waals surface area (Å²) in [6, 6.07) is 7.89. The Balaban J connectivity index is 1.19. The number of rotatable bonds is 4. The molecule has 2 saturated heterocycles. The number of fused-ring (bicyclic) bond motifs is 1. The highest BCUT2D eigenvalue weighted by atomic mass is 35.5. The molecule has 1 aliphatic carbocycles. The second kappa shape index (κ2) is 8.89. The average molecular weight is 429 g/mol. The van der Waals surface area contributed by atoms with Gasteiger partial charge in [0.1, 0.15) is 0 Å². The van der Waals surface area contributed by atoms with Crippen molar-refractivity contribution in [2.24, 2.45) is 11.8 Å². The van der Waals surface area contributed by atoms with Gasteiger partial charge < -0.3 is 9.84 Å². The van der Waals surface area contributed by atoms with Crippen LogP contribution in [0.2, 0.25) is 5.02 Å². The zero-order valence-electron chi connectivity index (χ0n) is 17.2. The summed E-state index contributed by atoms with van der Waals surface area (Å²) in [6.07, 6.45) is 5.66. The van der Waals surface area contributed by atoms with E-state index >= 15 is 0 Å². The molecule has 2 aliphatic heterocycles. The third-order valence-corrected chi connectivity index (χ3v) is 7.17. The van der Waals surface area contributed by atoms with E-state index in [2.05, 4.69) is 19.8 Å². The minimum Gasteiger partial charge on any atom is -0.391 e. The Morgan fingerprint density at radius 1 is 1.00 bits per heavy atom. The predicted octanol–water partition coefficient (Wildman–Crippen LogP) is 2.70. The molecule has 5 rings (SSSR count). The molecule has 0 spiro atoms. The zero-order chi connectivity index (χ0) is 20.5. The summed E-state index contributed by atoms with van der Waals surface area (Å²) in [4.78, 5) is 14.1. The molecule has 1 saturated carbocycles. The number of ether oxygens (including phenoxy) is 1. The molecule has 3 aliphatic rings. The number of hydrogen-bond donors (Lipinski definition) is 1. The first-order valence-corrected chi connectivity index (χ1v) is 11.3. The van der Waals surface area contributed by atoms with Crippen LogP contribution in [0.5, 0.6) is 0 Å². The summed E-state index contributed by atoms with van der Waals surface area (Å²) in [5.74, 6) is 1.98. The van der Waals surface area contributed by atoms with Gasteiger partial charge in [-0.05, 0) is 48.9 Å². The molecule has 3 fully saturated rings. The molecule has 0 amide bonds. The van der Waals surface area contributed by atoms with E-state index in [0.29, 0.717) is 16.9 Å². The Morgan fingerprint density at radius 2 is 1.67 bits per heavy atom. The number of halogens is 1. The number of aromatic nitrogens is 2. The van der Waals surface area contributed by atoms with E-state index in [9.17, 15) is 5.11 Å². The number of likely N-dealkylation sites (tertiary alicyclic amines) is 1. The van der Waals surface area contributed by atoms with Crippen molar-refractivity contribution in [2.45, 2.75) is 31.5 Å². The number of aliphatic hydroxyl groups is 1. The van der Waals surface area contributed by atoms with Crippen LogP contribution in [-0.4, -0.2) is 76.4 Å². The Hall–Kier alpha value is -1.57. The second-order valence-electron chi connectivity index (χ2n) is 8.89. The van der Waals surface area contributed by atoms with Crippen LogP contribution in [0.1, 0.15) is 18.4 Å². The van der Waals surface area contributed by atoms with Crippen LogP contribution < -0.4 is 0 Å². The molecule has 7 heteroatoms. The largest absolute Gasteiger partial charge is 0.391 e. The van der Waals surface area contributed by atoms with Crippen molar-refractivity contribution in [3.63, 3.8) is 0 Å². The van der Waals surface area contributed by atoms with Crippen LogP contribution in [0.3, 0.4) is 0 Å². The van der Waals surface area contributed by atoms with Gasteiger partial charge in [-0.3, -0.25) is 9.80 Å². The SMILES string of the molecule is O[C@@H]1C[C@H]2CN(Cc3cnc(-c4ccc(Cl)cc4)nc3)C[C@H]2C[C@H]1N1CCOCC1. The van der Waals surface area contributed by atoms with Gasteiger partial charge in [-0.1, -0.05) is 11.6 Å². The van der Waals surface area contributed by atoms with Gasteiger partial charge in [0.15, 0.2) is 5.82 Å². The van der Waals surface area contributed by atoms with Gasteiger partial charge in [0.05, 0.1) is 19.3 Å². The van der Waals surface area contributed by atoms with Crippen LogP contribution in [0.25, 0.3) is 11.4 Å². The lowest BCUT2D eigenvalue weighted by Gasteiger charge is -2.43. The standard InChI is InChI=1S/C23H29ClN4O2/c24-20-3-1-17(2-4-20)23-25-11-16(12-26-23)13-27-14-18-9-21(22(29)10-19(18)15-27)28-5-7-30-8-6-28/h1-4,11-12,18-19,21-22,29H,5-10,13-15H2/t18-,19+,21-,22-/m1/s1. The number of benzene rings is 1. The fraction of sp³-hybridized carbons (Fsp3) is 0.565. The monoisotopic (exact) mass is 428 g/mol. The Kier molecular flexibility index (Phi) is 6.03. The molecule has 0 radical (unpaired) electrons. The van der Waals surface area contributed by atoms with Crippen molar-refractivity contribution in [1.29, 1.82) is 0 Å². The highest BCUT2D eigenvalue weighted by molar-refractivity contribution is 6.30. The molecule has 1 aromatic carbocycles. The fourth-order valence-corrected chi connectivity index (χ4v) is 5.50. The van der Waals surface area contributed by atoms with Gasteiger partial charge in [0.25, 0.3) is 0 Å². The van der Waals surface area contributed by atoms with Crippen molar-refractivity contribution in [1.82, 2.24) is 19.8 Å². The number of aliphatic hydroxyl groups excluding tert-OH is 1. The summed E-state index contributed by atoms with van der Waals surface area (Å²) >= 11 is 5.96. The smallest absolute Gasteiger partial charge is 0.159 e. The third kappa shape index (κ3) is 4.39. The summed E-state index contributed by atoms with van der Waals surface area (Å²) < 4.78 is 5.49. The lowest BCUT2D eigenvalue weighted by atomic mass is 9.77. The summed E-state index contributed by atoms with van der Waals surface area (Å²) in [5.41, 5.74) is 2.11. The Labute approximate surface area is 182 Å². The third-order valence-electron chi connectivity index (χ3n) is 6.91. The fourth-order valence-electron chi connectivity index (χ4n) is 5.38. The minimum absolute atomic E-state index is 0.216. The quantitative estimate of drug-likeness (QED) is 0.807.